The Bertz CT molecular complexity index is 1110. The molecule has 2 atom stereocenters. The van der Waals surface area contributed by atoms with Crippen molar-refractivity contribution < 1.29 is 14.3 Å². The van der Waals surface area contributed by atoms with Gasteiger partial charge in [-0.15, -0.1) is 23.1 Å². The molecule has 2 aromatic carbocycles. The van der Waals surface area contributed by atoms with Gasteiger partial charge < -0.3 is 15.8 Å². The molecule has 1 aliphatic rings. The summed E-state index contributed by atoms with van der Waals surface area (Å²) in [6.07, 6.45) is 2.62. The molecule has 0 radical (unpaired) electrons. The van der Waals surface area contributed by atoms with Gasteiger partial charge in [0.15, 0.2) is 0 Å². The van der Waals surface area contributed by atoms with Crippen LogP contribution in [0.15, 0.2) is 59.5 Å². The van der Waals surface area contributed by atoms with Crippen LogP contribution in [0.2, 0.25) is 0 Å². The number of fused-ring (bicyclic) bond motifs is 1. The number of thiophene rings is 1. The predicted molar refractivity (Wildman–Crippen MR) is 132 cm³/mol. The van der Waals surface area contributed by atoms with E-state index in [-0.39, 0.29) is 11.2 Å². The van der Waals surface area contributed by atoms with Crippen LogP contribution in [-0.4, -0.2) is 24.2 Å². The molecular weight excluding hydrogens is 440 g/mol. The van der Waals surface area contributed by atoms with Crippen LogP contribution in [-0.2, 0) is 22.4 Å². The number of ether oxygens (including phenoxy) is 1. The molecule has 5 nitrogen and oxygen atoms in total. The van der Waals surface area contributed by atoms with Crippen molar-refractivity contribution in [1.82, 2.24) is 0 Å². The maximum Gasteiger partial charge on any atom is 0.341 e. The minimum Gasteiger partial charge on any atom is -0.465 e. The topological polar surface area (TPSA) is 81.4 Å². The Morgan fingerprint density at radius 2 is 1.88 bits per heavy atom. The van der Waals surface area contributed by atoms with E-state index in [9.17, 15) is 9.59 Å². The van der Waals surface area contributed by atoms with Crippen molar-refractivity contribution in [3.05, 3.63) is 76.2 Å². The highest BCUT2D eigenvalue weighted by Gasteiger charge is 2.31. The summed E-state index contributed by atoms with van der Waals surface area (Å²) >= 11 is 2.95. The molecule has 7 heteroatoms. The second kappa shape index (κ2) is 9.79. The van der Waals surface area contributed by atoms with Gasteiger partial charge in [0.2, 0.25) is 5.91 Å². The van der Waals surface area contributed by atoms with Crippen LogP contribution in [0.5, 0.6) is 0 Å². The maximum absolute atomic E-state index is 12.9. The summed E-state index contributed by atoms with van der Waals surface area (Å²) in [4.78, 5) is 27.7. The zero-order valence-electron chi connectivity index (χ0n) is 18.1. The fraction of sp³-hybridized carbons (Fsp3) is 0.280. The highest BCUT2D eigenvalue weighted by atomic mass is 32.2. The minimum atomic E-state index is -0.394. The van der Waals surface area contributed by atoms with Gasteiger partial charge in [-0.1, -0.05) is 30.3 Å². The molecule has 4 rings (SSSR count). The number of anilines is 2. The molecule has 0 bridgehead atoms. The lowest BCUT2D eigenvalue weighted by molar-refractivity contribution is -0.115. The summed E-state index contributed by atoms with van der Waals surface area (Å²) in [5.74, 6) is -0.124. The molecule has 1 aliphatic carbocycles. The molecule has 0 unspecified atom stereocenters. The van der Waals surface area contributed by atoms with Crippen LogP contribution in [0.4, 0.5) is 10.7 Å². The van der Waals surface area contributed by atoms with Crippen molar-refractivity contribution in [2.45, 2.75) is 42.2 Å². The number of rotatable bonds is 6. The monoisotopic (exact) mass is 466 g/mol. The molecule has 0 aliphatic heterocycles. The van der Waals surface area contributed by atoms with Crippen LogP contribution < -0.4 is 11.1 Å². The first-order chi connectivity index (χ1) is 15.5. The van der Waals surface area contributed by atoms with Gasteiger partial charge in [-0.25, -0.2) is 4.79 Å². The Labute approximate surface area is 196 Å². The third-order valence-corrected chi connectivity index (χ3v) is 8.01. The molecule has 0 saturated heterocycles. The third-order valence-electron chi connectivity index (χ3n) is 5.72. The largest absolute Gasteiger partial charge is 0.465 e. The van der Waals surface area contributed by atoms with Crippen LogP contribution >= 0.6 is 23.1 Å². The van der Waals surface area contributed by atoms with Crippen molar-refractivity contribution in [3.63, 3.8) is 0 Å². The van der Waals surface area contributed by atoms with E-state index in [1.807, 2.05) is 37.3 Å². The van der Waals surface area contributed by atoms with E-state index in [4.69, 9.17) is 10.5 Å². The fourth-order valence-corrected chi connectivity index (χ4v) is 6.21. The molecule has 1 heterocycles. The smallest absolute Gasteiger partial charge is 0.341 e. The Hall–Kier alpha value is -2.77. The number of hydrogen-bond donors (Lipinski definition) is 2. The summed E-state index contributed by atoms with van der Waals surface area (Å²) in [7, 11) is 1.38. The number of nitrogens with one attached hydrogen (secondary N) is 1. The molecule has 166 valence electrons. The molecule has 0 saturated carbocycles. The molecule has 0 fully saturated rings. The highest BCUT2D eigenvalue weighted by molar-refractivity contribution is 8.00. The number of nitrogens with two attached hydrogens (primary N) is 1. The van der Waals surface area contributed by atoms with Gasteiger partial charge in [0.25, 0.3) is 0 Å². The number of amides is 1. The Morgan fingerprint density at radius 3 is 2.56 bits per heavy atom. The second-order valence-electron chi connectivity index (χ2n) is 7.87. The van der Waals surface area contributed by atoms with Crippen LogP contribution in [0.25, 0.3) is 0 Å². The normalized spacial score (nSPS) is 16.1. The van der Waals surface area contributed by atoms with Gasteiger partial charge in [-0.2, -0.15) is 0 Å². The zero-order chi connectivity index (χ0) is 22.7. The lowest BCUT2D eigenvalue weighted by Crippen LogP contribution is -2.23. The Balaban J connectivity index is 1.54. The lowest BCUT2D eigenvalue weighted by Gasteiger charge is -2.22. The Morgan fingerprint density at radius 1 is 1.16 bits per heavy atom. The number of thioether (sulfide) groups is 1. The first-order valence-corrected chi connectivity index (χ1v) is 12.3. The molecule has 1 aromatic heterocycles. The summed E-state index contributed by atoms with van der Waals surface area (Å²) in [6, 6.07) is 17.9. The molecule has 32 heavy (non-hydrogen) atoms. The van der Waals surface area contributed by atoms with Gasteiger partial charge in [-0.3, -0.25) is 4.79 Å². The van der Waals surface area contributed by atoms with Crippen LogP contribution in [0, 0.1) is 0 Å². The van der Waals surface area contributed by atoms with E-state index < -0.39 is 5.97 Å². The number of hydrogen-bond acceptors (Lipinski definition) is 6. The summed E-state index contributed by atoms with van der Waals surface area (Å²) in [6.45, 7) is 1.85. The number of methoxy groups -OCH3 is 1. The number of carbonyl (C=O) groups is 2. The summed E-state index contributed by atoms with van der Waals surface area (Å²) in [5.41, 5.74) is 9.27. The van der Waals surface area contributed by atoms with Gasteiger partial charge in [0.05, 0.1) is 17.9 Å². The molecule has 3 N–H and O–H groups in total. The SMILES string of the molecule is COC(=O)c1c(NC(=O)[C@H](C)Sc2ccc(N)cc2)sc2c1CC[C@H](c1ccccc1)C2. The summed E-state index contributed by atoms with van der Waals surface area (Å²) < 4.78 is 5.06. The van der Waals surface area contributed by atoms with E-state index in [2.05, 4.69) is 29.6 Å². The second-order valence-corrected chi connectivity index (χ2v) is 10.4. The molecular formula is C25H26N2O3S2. The average molecular weight is 467 g/mol. The minimum absolute atomic E-state index is 0.143. The Kier molecular flexibility index (Phi) is 6.86. The number of carbonyl (C=O) groups excluding carboxylic acids is 2. The van der Waals surface area contributed by atoms with Gasteiger partial charge >= 0.3 is 5.97 Å². The maximum atomic E-state index is 12.9. The van der Waals surface area contributed by atoms with E-state index in [0.29, 0.717) is 22.2 Å². The van der Waals surface area contributed by atoms with Crippen LogP contribution in [0.3, 0.4) is 0 Å². The van der Waals surface area contributed by atoms with Crippen molar-refractivity contribution in [2.24, 2.45) is 0 Å². The predicted octanol–water partition coefficient (Wildman–Crippen LogP) is 5.51. The van der Waals surface area contributed by atoms with Gasteiger partial charge in [-0.05, 0) is 67.5 Å². The van der Waals surface area contributed by atoms with Gasteiger partial charge in [0, 0.05) is 15.5 Å². The first-order valence-electron chi connectivity index (χ1n) is 10.6. The first kappa shape index (κ1) is 22.4. The van der Waals surface area contributed by atoms with Crippen LogP contribution in [0.1, 0.15) is 45.6 Å². The van der Waals surface area contributed by atoms with Crippen molar-refractivity contribution >= 4 is 45.7 Å². The van der Waals surface area contributed by atoms with E-state index in [0.717, 1.165) is 34.6 Å². The quantitative estimate of drug-likeness (QED) is 0.284. The van der Waals surface area contributed by atoms with E-state index >= 15 is 0 Å². The molecule has 0 spiro atoms. The fourth-order valence-electron chi connectivity index (χ4n) is 4.02. The lowest BCUT2D eigenvalue weighted by atomic mass is 9.83. The number of nitrogen functional groups attached to an aromatic ring is 1. The molecule has 1 amide bonds. The number of benzene rings is 2. The van der Waals surface area contributed by atoms with Crippen molar-refractivity contribution in [2.75, 3.05) is 18.2 Å². The standard InChI is InChI=1S/C25H26N2O3S2/c1-15(31-19-11-9-18(26)10-12-19)23(28)27-24-22(25(29)30-2)20-13-8-17(14-21(20)32-24)16-6-4-3-5-7-16/h3-7,9-12,15,17H,8,13-14,26H2,1-2H3,(H,27,28)/t15-,17-/m0/s1. The van der Waals surface area contributed by atoms with E-state index in [1.54, 1.807) is 0 Å². The van der Waals surface area contributed by atoms with Gasteiger partial charge in [0.1, 0.15) is 5.00 Å². The van der Waals surface area contributed by atoms with Crippen molar-refractivity contribution in [1.29, 1.82) is 0 Å². The average Bonchev–Trinajstić information content (AvgIpc) is 3.17. The summed E-state index contributed by atoms with van der Waals surface area (Å²) in [5, 5.41) is 3.26. The zero-order valence-corrected chi connectivity index (χ0v) is 19.7. The third kappa shape index (κ3) is 4.84. The molecule has 3 aromatic rings. The highest BCUT2D eigenvalue weighted by Crippen LogP contribution is 2.43. The van der Waals surface area contributed by atoms with Crippen molar-refractivity contribution in [3.8, 4) is 0 Å². The number of esters is 1. The van der Waals surface area contributed by atoms with E-state index in [1.165, 1.54) is 35.8 Å².